The van der Waals surface area contributed by atoms with E-state index in [-0.39, 0.29) is 30.3 Å². The van der Waals surface area contributed by atoms with Crippen molar-refractivity contribution in [3.63, 3.8) is 0 Å². The van der Waals surface area contributed by atoms with Gasteiger partial charge in [-0.2, -0.15) is 0 Å². The number of halogens is 1. The lowest BCUT2D eigenvalue weighted by molar-refractivity contribution is -0.113. The maximum absolute atomic E-state index is 12.3. The normalized spacial score (nSPS) is 14.2. The van der Waals surface area contributed by atoms with E-state index in [4.69, 9.17) is 5.73 Å². The van der Waals surface area contributed by atoms with Crippen molar-refractivity contribution in [2.75, 3.05) is 17.6 Å². The summed E-state index contributed by atoms with van der Waals surface area (Å²) in [6.07, 6.45) is 2.27. The molecule has 0 radical (unpaired) electrons. The average molecular weight is 412 g/mol. The highest BCUT2D eigenvalue weighted by Gasteiger charge is 2.31. The van der Waals surface area contributed by atoms with Gasteiger partial charge in [-0.25, -0.2) is 0 Å². The molecule has 0 saturated heterocycles. The Bertz CT molecular complexity index is 719. The first kappa shape index (κ1) is 20.8. The molecule has 5 nitrogen and oxygen atoms in total. The summed E-state index contributed by atoms with van der Waals surface area (Å²) in [4.78, 5) is 24.2. The molecular formula is C18H22ClN3O2S2. The fourth-order valence-electron chi connectivity index (χ4n) is 2.50. The van der Waals surface area contributed by atoms with E-state index in [1.165, 1.54) is 11.8 Å². The molecule has 1 saturated carbocycles. The van der Waals surface area contributed by atoms with Crippen LogP contribution < -0.4 is 16.4 Å². The van der Waals surface area contributed by atoms with Crippen LogP contribution in [0.2, 0.25) is 0 Å². The number of benzene rings is 1. The van der Waals surface area contributed by atoms with Gasteiger partial charge in [0.1, 0.15) is 0 Å². The number of hydrogen-bond donors (Lipinski definition) is 3. The quantitative estimate of drug-likeness (QED) is 0.581. The third-order valence-electron chi connectivity index (χ3n) is 4.03. The molecule has 8 heteroatoms. The Hall–Kier alpha value is -1.54. The fourth-order valence-corrected chi connectivity index (χ4v) is 4.09. The number of carbonyl (C=O) groups is 2. The topological polar surface area (TPSA) is 84.2 Å². The molecule has 1 unspecified atom stereocenters. The van der Waals surface area contributed by atoms with Gasteiger partial charge in [-0.05, 0) is 54.5 Å². The maximum atomic E-state index is 12.3. The zero-order chi connectivity index (χ0) is 17.6. The monoisotopic (exact) mass is 411 g/mol. The van der Waals surface area contributed by atoms with Crippen molar-refractivity contribution in [2.45, 2.75) is 23.1 Å². The molecule has 1 aromatic heterocycles. The fraction of sp³-hybridized carbons (Fsp3) is 0.333. The smallest absolute Gasteiger partial charge is 0.251 e. The summed E-state index contributed by atoms with van der Waals surface area (Å²) < 4.78 is 1.12. The highest BCUT2D eigenvalue weighted by Crippen LogP contribution is 2.32. The molecule has 1 fully saturated rings. The highest BCUT2D eigenvalue weighted by molar-refractivity contribution is 8.01. The van der Waals surface area contributed by atoms with Crippen molar-refractivity contribution in [1.29, 1.82) is 0 Å². The molecule has 140 valence electrons. The van der Waals surface area contributed by atoms with Crippen LogP contribution in [0.15, 0.2) is 46.0 Å². The van der Waals surface area contributed by atoms with E-state index in [0.29, 0.717) is 29.5 Å². The first-order valence-electron chi connectivity index (χ1n) is 8.23. The van der Waals surface area contributed by atoms with Crippen LogP contribution in [-0.4, -0.2) is 30.2 Å². The summed E-state index contributed by atoms with van der Waals surface area (Å²) in [5, 5.41) is 7.82. The Morgan fingerprint density at radius 2 is 1.96 bits per heavy atom. The molecule has 1 aliphatic carbocycles. The van der Waals surface area contributed by atoms with Crippen LogP contribution in [0.3, 0.4) is 0 Å². The van der Waals surface area contributed by atoms with Crippen LogP contribution in [0.1, 0.15) is 23.2 Å². The van der Waals surface area contributed by atoms with Crippen LogP contribution in [0.25, 0.3) is 0 Å². The number of nitrogens with one attached hydrogen (secondary N) is 2. The molecule has 3 rings (SSSR count). The molecule has 2 aromatic rings. The molecule has 4 N–H and O–H groups in total. The zero-order valence-electron chi connectivity index (χ0n) is 14.1. The minimum Gasteiger partial charge on any atom is -0.348 e. The lowest BCUT2D eigenvalue weighted by Crippen LogP contribution is -2.41. The van der Waals surface area contributed by atoms with Crippen LogP contribution in [0, 0.1) is 5.92 Å². The molecule has 2 amide bonds. The SMILES string of the molecule is Cl.NCC(NC(=O)c1ccc(NC(=O)CSc2cccs2)cc1)C1CC1. The third kappa shape index (κ3) is 6.02. The number of anilines is 1. The lowest BCUT2D eigenvalue weighted by Gasteiger charge is -2.16. The first-order chi connectivity index (χ1) is 12.2. The number of carbonyl (C=O) groups excluding carboxylic acids is 2. The van der Waals surface area contributed by atoms with Gasteiger partial charge in [0.05, 0.1) is 9.96 Å². The summed E-state index contributed by atoms with van der Waals surface area (Å²) in [7, 11) is 0. The summed E-state index contributed by atoms with van der Waals surface area (Å²) in [5.41, 5.74) is 6.98. The predicted molar refractivity (Wildman–Crippen MR) is 110 cm³/mol. The van der Waals surface area contributed by atoms with Gasteiger partial charge >= 0.3 is 0 Å². The van der Waals surface area contributed by atoms with Gasteiger partial charge in [-0.3, -0.25) is 9.59 Å². The zero-order valence-corrected chi connectivity index (χ0v) is 16.6. The molecule has 1 atom stereocenters. The average Bonchev–Trinajstić information content (AvgIpc) is 3.33. The minimum absolute atomic E-state index is 0. The summed E-state index contributed by atoms with van der Waals surface area (Å²) in [6.45, 7) is 0.465. The van der Waals surface area contributed by atoms with Crippen molar-refractivity contribution < 1.29 is 9.59 Å². The molecule has 1 aliphatic rings. The Balaban J connectivity index is 0.00000243. The summed E-state index contributed by atoms with van der Waals surface area (Å²) >= 11 is 3.13. The van der Waals surface area contributed by atoms with E-state index >= 15 is 0 Å². The van der Waals surface area contributed by atoms with E-state index in [2.05, 4.69) is 10.6 Å². The molecule has 26 heavy (non-hydrogen) atoms. The van der Waals surface area contributed by atoms with Crippen molar-refractivity contribution in [1.82, 2.24) is 5.32 Å². The van der Waals surface area contributed by atoms with Gasteiger partial charge in [0.25, 0.3) is 5.91 Å². The summed E-state index contributed by atoms with van der Waals surface area (Å²) in [5.74, 6) is 0.705. The molecule has 0 bridgehead atoms. The van der Waals surface area contributed by atoms with Crippen LogP contribution in [-0.2, 0) is 4.79 Å². The second kappa shape index (κ2) is 9.97. The molecule has 1 heterocycles. The molecule has 0 aliphatic heterocycles. The number of nitrogens with two attached hydrogens (primary N) is 1. The standard InChI is InChI=1S/C18H21N3O2S2.ClH/c19-10-15(12-3-4-12)21-18(23)13-5-7-14(8-6-13)20-16(22)11-25-17-2-1-9-24-17;/h1-2,5-9,12,15H,3-4,10-11,19H2,(H,20,22)(H,21,23);1H. The van der Waals surface area contributed by atoms with E-state index in [0.717, 1.165) is 17.1 Å². The molecular weight excluding hydrogens is 390 g/mol. The lowest BCUT2D eigenvalue weighted by atomic mass is 10.1. The first-order valence-corrected chi connectivity index (χ1v) is 10.1. The Morgan fingerprint density at radius 1 is 1.23 bits per heavy atom. The van der Waals surface area contributed by atoms with Crippen LogP contribution in [0.4, 0.5) is 5.69 Å². The van der Waals surface area contributed by atoms with E-state index < -0.39 is 0 Å². The second-order valence-corrected chi connectivity index (χ2v) is 8.22. The number of rotatable bonds is 8. The molecule has 1 aromatic carbocycles. The number of amides is 2. The largest absolute Gasteiger partial charge is 0.348 e. The molecule has 0 spiro atoms. The third-order valence-corrected chi connectivity index (χ3v) is 6.16. The number of thiophene rings is 1. The van der Waals surface area contributed by atoms with Crippen molar-refractivity contribution in [2.24, 2.45) is 11.7 Å². The van der Waals surface area contributed by atoms with Crippen LogP contribution in [0.5, 0.6) is 0 Å². The van der Waals surface area contributed by atoms with E-state index in [1.54, 1.807) is 35.6 Å². The second-order valence-electron chi connectivity index (χ2n) is 6.00. The Morgan fingerprint density at radius 3 is 2.54 bits per heavy atom. The van der Waals surface area contributed by atoms with Crippen molar-refractivity contribution in [3.05, 3.63) is 47.3 Å². The van der Waals surface area contributed by atoms with Gasteiger partial charge in [-0.1, -0.05) is 6.07 Å². The van der Waals surface area contributed by atoms with Gasteiger partial charge < -0.3 is 16.4 Å². The van der Waals surface area contributed by atoms with Gasteiger partial charge in [0, 0.05) is 23.8 Å². The maximum Gasteiger partial charge on any atom is 0.251 e. The highest BCUT2D eigenvalue weighted by atomic mass is 35.5. The van der Waals surface area contributed by atoms with Crippen molar-refractivity contribution >= 4 is 53.0 Å². The minimum atomic E-state index is -0.117. The van der Waals surface area contributed by atoms with Crippen LogP contribution >= 0.6 is 35.5 Å². The van der Waals surface area contributed by atoms with Gasteiger partial charge in [0.15, 0.2) is 0 Å². The van der Waals surface area contributed by atoms with Gasteiger partial charge in [-0.15, -0.1) is 35.5 Å². The Kier molecular flexibility index (Phi) is 7.96. The number of thioether (sulfide) groups is 1. The van der Waals surface area contributed by atoms with E-state index in [1.807, 2.05) is 17.5 Å². The number of hydrogen-bond acceptors (Lipinski definition) is 5. The van der Waals surface area contributed by atoms with Gasteiger partial charge in [0.2, 0.25) is 5.91 Å². The predicted octanol–water partition coefficient (Wildman–Crippen LogP) is 3.37. The summed E-state index contributed by atoms with van der Waals surface area (Å²) in [6, 6.07) is 10.9. The van der Waals surface area contributed by atoms with Crippen molar-refractivity contribution in [3.8, 4) is 0 Å². The Labute approximate surface area is 167 Å². The van der Waals surface area contributed by atoms with E-state index in [9.17, 15) is 9.59 Å².